The van der Waals surface area contributed by atoms with Crippen molar-refractivity contribution in [3.63, 3.8) is 0 Å². The second kappa shape index (κ2) is 5.66. The van der Waals surface area contributed by atoms with Gasteiger partial charge in [0, 0.05) is 30.7 Å². The molecule has 0 aliphatic carbocycles. The van der Waals surface area contributed by atoms with Gasteiger partial charge in [0.15, 0.2) is 0 Å². The molecule has 0 saturated carbocycles. The Kier molecular flexibility index (Phi) is 3.55. The van der Waals surface area contributed by atoms with Crippen LogP contribution in [-0.4, -0.2) is 14.9 Å². The van der Waals surface area contributed by atoms with Crippen molar-refractivity contribution in [2.24, 2.45) is 0 Å². The van der Waals surface area contributed by atoms with Crippen molar-refractivity contribution < 1.29 is 9.50 Å². The van der Waals surface area contributed by atoms with Crippen molar-refractivity contribution in [1.29, 1.82) is 0 Å². The van der Waals surface area contributed by atoms with Crippen LogP contribution in [-0.2, 0) is 6.54 Å². The van der Waals surface area contributed by atoms with Crippen LogP contribution in [0.3, 0.4) is 0 Å². The Hall–Kier alpha value is -2.82. The maximum Gasteiger partial charge on any atom is 0.127 e. The first kappa shape index (κ1) is 13.2. The molecule has 0 aliphatic rings. The number of aromatic nitrogens is 2. The number of halogens is 1. The van der Waals surface area contributed by atoms with E-state index in [0.717, 1.165) is 17.4 Å². The first-order valence-electron chi connectivity index (χ1n) is 6.53. The van der Waals surface area contributed by atoms with E-state index in [-0.39, 0.29) is 5.75 Å². The first-order chi connectivity index (χ1) is 10.2. The van der Waals surface area contributed by atoms with Crippen LogP contribution in [0.5, 0.6) is 5.75 Å². The highest BCUT2D eigenvalue weighted by Gasteiger charge is 2.01. The number of benzene rings is 2. The molecule has 1 heterocycles. The van der Waals surface area contributed by atoms with Crippen LogP contribution in [0, 0.1) is 5.82 Å². The second-order valence-corrected chi connectivity index (χ2v) is 4.67. The van der Waals surface area contributed by atoms with E-state index in [4.69, 9.17) is 0 Å². The third-order valence-electron chi connectivity index (χ3n) is 3.08. The number of anilines is 1. The van der Waals surface area contributed by atoms with Gasteiger partial charge in [0.05, 0.1) is 5.69 Å². The summed E-state index contributed by atoms with van der Waals surface area (Å²) in [5, 5.41) is 16.7. The van der Waals surface area contributed by atoms with Crippen molar-refractivity contribution in [2.45, 2.75) is 6.54 Å². The molecule has 0 fully saturated rings. The molecule has 3 rings (SSSR count). The molecule has 5 heteroatoms. The smallest absolute Gasteiger partial charge is 0.127 e. The van der Waals surface area contributed by atoms with E-state index >= 15 is 0 Å². The Morgan fingerprint density at radius 3 is 2.62 bits per heavy atom. The predicted octanol–water partition coefficient (Wildman–Crippen LogP) is 3.33. The van der Waals surface area contributed by atoms with Gasteiger partial charge in [-0.05, 0) is 48.0 Å². The Morgan fingerprint density at radius 2 is 1.95 bits per heavy atom. The van der Waals surface area contributed by atoms with Crippen molar-refractivity contribution in [1.82, 2.24) is 9.78 Å². The average molecular weight is 283 g/mol. The number of nitrogens with one attached hydrogen (secondary N) is 1. The summed E-state index contributed by atoms with van der Waals surface area (Å²) in [5.41, 5.74) is 2.56. The molecule has 0 radical (unpaired) electrons. The normalized spacial score (nSPS) is 10.5. The fourth-order valence-corrected chi connectivity index (χ4v) is 2.09. The van der Waals surface area contributed by atoms with E-state index in [1.165, 1.54) is 12.1 Å². The van der Waals surface area contributed by atoms with Crippen LogP contribution in [0.2, 0.25) is 0 Å². The molecule has 0 amide bonds. The number of aromatic hydroxyl groups is 1. The molecule has 0 saturated heterocycles. The molecule has 4 nitrogen and oxygen atoms in total. The summed E-state index contributed by atoms with van der Waals surface area (Å²) >= 11 is 0. The standard InChI is InChI=1S/C16H14FN3O/c17-13-8-12(9-16(21)10-13)11-18-14-2-4-15(5-3-14)20-7-1-6-19-20/h1-10,18,21H,11H2. The van der Waals surface area contributed by atoms with Crippen LogP contribution >= 0.6 is 0 Å². The fraction of sp³-hybridized carbons (Fsp3) is 0.0625. The van der Waals surface area contributed by atoms with Crippen molar-refractivity contribution in [3.05, 3.63) is 72.3 Å². The maximum atomic E-state index is 13.2. The molecule has 106 valence electrons. The molecule has 3 aromatic rings. The predicted molar refractivity (Wildman–Crippen MR) is 79.0 cm³/mol. The average Bonchev–Trinajstić information content (AvgIpc) is 2.99. The van der Waals surface area contributed by atoms with Gasteiger partial charge in [-0.2, -0.15) is 5.10 Å². The first-order valence-corrected chi connectivity index (χ1v) is 6.53. The Balaban J connectivity index is 1.68. The van der Waals surface area contributed by atoms with Crippen molar-refractivity contribution in [2.75, 3.05) is 5.32 Å². The molecule has 0 spiro atoms. The highest BCUT2D eigenvalue weighted by atomic mass is 19.1. The van der Waals surface area contributed by atoms with Crippen LogP contribution in [0.1, 0.15) is 5.56 Å². The lowest BCUT2D eigenvalue weighted by Crippen LogP contribution is -2.00. The minimum Gasteiger partial charge on any atom is -0.508 e. The molecule has 2 N–H and O–H groups in total. The lowest BCUT2D eigenvalue weighted by molar-refractivity contribution is 0.468. The zero-order valence-corrected chi connectivity index (χ0v) is 11.2. The second-order valence-electron chi connectivity index (χ2n) is 4.67. The minimum atomic E-state index is -0.444. The lowest BCUT2D eigenvalue weighted by Gasteiger charge is -2.08. The molecule has 0 atom stereocenters. The van der Waals surface area contributed by atoms with Crippen LogP contribution in [0.25, 0.3) is 5.69 Å². The van der Waals surface area contributed by atoms with E-state index in [0.29, 0.717) is 12.1 Å². The summed E-state index contributed by atoms with van der Waals surface area (Å²) in [4.78, 5) is 0. The number of phenolic OH excluding ortho intramolecular Hbond substituents is 1. The molecular formula is C16H14FN3O. The van der Waals surface area contributed by atoms with E-state index in [1.54, 1.807) is 10.9 Å². The summed E-state index contributed by atoms with van der Waals surface area (Å²) in [5.74, 6) is -0.512. The van der Waals surface area contributed by atoms with Crippen molar-refractivity contribution >= 4 is 5.69 Å². The van der Waals surface area contributed by atoms with Gasteiger partial charge in [-0.15, -0.1) is 0 Å². The van der Waals surface area contributed by atoms with Gasteiger partial charge < -0.3 is 10.4 Å². The molecule has 0 bridgehead atoms. The third-order valence-corrected chi connectivity index (χ3v) is 3.08. The zero-order chi connectivity index (χ0) is 14.7. The minimum absolute atomic E-state index is 0.0687. The Morgan fingerprint density at radius 1 is 1.14 bits per heavy atom. The Bertz CT molecular complexity index is 704. The maximum absolute atomic E-state index is 13.2. The third kappa shape index (κ3) is 3.20. The zero-order valence-electron chi connectivity index (χ0n) is 11.2. The van der Waals surface area contributed by atoms with Gasteiger partial charge in [0.2, 0.25) is 0 Å². The van der Waals surface area contributed by atoms with Crippen LogP contribution < -0.4 is 5.32 Å². The van der Waals surface area contributed by atoms with Gasteiger partial charge in [-0.1, -0.05) is 0 Å². The molecule has 2 aromatic carbocycles. The molecule has 0 aliphatic heterocycles. The SMILES string of the molecule is Oc1cc(F)cc(CNc2ccc(-n3cccn3)cc2)c1. The Labute approximate surface area is 121 Å². The van der Waals surface area contributed by atoms with E-state index in [1.807, 2.05) is 36.5 Å². The number of hydrogen-bond donors (Lipinski definition) is 2. The fourth-order valence-electron chi connectivity index (χ4n) is 2.09. The summed E-state index contributed by atoms with van der Waals surface area (Å²) in [6, 6.07) is 13.6. The summed E-state index contributed by atoms with van der Waals surface area (Å²) in [6.07, 6.45) is 3.60. The van der Waals surface area contributed by atoms with Gasteiger partial charge in [0.1, 0.15) is 11.6 Å². The molecule has 1 aromatic heterocycles. The summed E-state index contributed by atoms with van der Waals surface area (Å²) < 4.78 is 14.9. The summed E-state index contributed by atoms with van der Waals surface area (Å²) in [6.45, 7) is 0.437. The van der Waals surface area contributed by atoms with Gasteiger partial charge >= 0.3 is 0 Å². The summed E-state index contributed by atoms with van der Waals surface area (Å²) in [7, 11) is 0. The van der Waals surface area contributed by atoms with E-state index in [2.05, 4.69) is 10.4 Å². The number of nitrogens with zero attached hydrogens (tertiary/aromatic N) is 2. The van der Waals surface area contributed by atoms with E-state index < -0.39 is 5.82 Å². The van der Waals surface area contributed by atoms with Crippen molar-refractivity contribution in [3.8, 4) is 11.4 Å². The molecular weight excluding hydrogens is 269 g/mol. The lowest BCUT2D eigenvalue weighted by atomic mass is 10.2. The highest BCUT2D eigenvalue weighted by Crippen LogP contribution is 2.17. The van der Waals surface area contributed by atoms with E-state index in [9.17, 15) is 9.50 Å². The number of phenols is 1. The monoisotopic (exact) mass is 283 g/mol. The van der Waals surface area contributed by atoms with Gasteiger partial charge in [-0.3, -0.25) is 0 Å². The number of hydrogen-bond acceptors (Lipinski definition) is 3. The highest BCUT2D eigenvalue weighted by molar-refractivity contribution is 5.49. The quantitative estimate of drug-likeness (QED) is 0.772. The molecule has 21 heavy (non-hydrogen) atoms. The van der Waals surface area contributed by atoms with Gasteiger partial charge in [-0.25, -0.2) is 9.07 Å². The number of rotatable bonds is 4. The topological polar surface area (TPSA) is 50.1 Å². The molecule has 0 unspecified atom stereocenters. The van der Waals surface area contributed by atoms with Crippen LogP contribution in [0.4, 0.5) is 10.1 Å². The largest absolute Gasteiger partial charge is 0.508 e. The van der Waals surface area contributed by atoms with Gasteiger partial charge in [0.25, 0.3) is 0 Å². The van der Waals surface area contributed by atoms with Crippen LogP contribution in [0.15, 0.2) is 60.9 Å².